The van der Waals surface area contributed by atoms with E-state index in [1.165, 1.54) is 12.8 Å². The van der Waals surface area contributed by atoms with Crippen LogP contribution in [0.3, 0.4) is 0 Å². The molecule has 1 unspecified atom stereocenters. The van der Waals surface area contributed by atoms with Crippen LogP contribution in [0.5, 0.6) is 0 Å². The van der Waals surface area contributed by atoms with Gasteiger partial charge in [0.25, 0.3) is 5.91 Å². The molecule has 6 heteroatoms. The van der Waals surface area contributed by atoms with Gasteiger partial charge in [0.2, 0.25) is 0 Å². The maximum atomic E-state index is 11.3. The third-order valence-electron chi connectivity index (χ3n) is 3.52. The van der Waals surface area contributed by atoms with Gasteiger partial charge in [0.05, 0.1) is 0 Å². The van der Waals surface area contributed by atoms with E-state index in [9.17, 15) is 4.79 Å². The van der Waals surface area contributed by atoms with Gasteiger partial charge in [0, 0.05) is 25.7 Å². The Balaban J connectivity index is 1.83. The van der Waals surface area contributed by atoms with Crippen molar-refractivity contribution in [3.8, 4) is 0 Å². The zero-order valence-corrected chi connectivity index (χ0v) is 11.7. The molecule has 104 valence electrons. The third-order valence-corrected chi connectivity index (χ3v) is 3.52. The molecule has 1 amide bonds. The van der Waals surface area contributed by atoms with Gasteiger partial charge in [-0.15, -0.1) is 10.2 Å². The van der Waals surface area contributed by atoms with Crippen LogP contribution in [0.1, 0.15) is 30.3 Å². The second-order valence-electron chi connectivity index (χ2n) is 5.01. The molecule has 0 bridgehead atoms. The van der Waals surface area contributed by atoms with E-state index in [0.717, 1.165) is 12.6 Å². The van der Waals surface area contributed by atoms with Crippen molar-refractivity contribution in [2.75, 3.05) is 26.0 Å². The summed E-state index contributed by atoms with van der Waals surface area (Å²) < 4.78 is 0. The van der Waals surface area contributed by atoms with E-state index in [4.69, 9.17) is 0 Å². The largest absolute Gasteiger partial charge is 0.367 e. The van der Waals surface area contributed by atoms with Gasteiger partial charge >= 0.3 is 0 Å². The van der Waals surface area contributed by atoms with Crippen LogP contribution in [-0.4, -0.2) is 53.7 Å². The molecular formula is C13H21N5O. The predicted molar refractivity (Wildman–Crippen MR) is 74.2 cm³/mol. The summed E-state index contributed by atoms with van der Waals surface area (Å²) in [6.07, 6.45) is 2.61. The number of carbonyl (C=O) groups excluding carboxylic acids is 1. The maximum absolute atomic E-state index is 11.3. The van der Waals surface area contributed by atoms with Gasteiger partial charge in [0.15, 0.2) is 5.69 Å². The number of carbonyl (C=O) groups is 1. The molecule has 1 aromatic rings. The van der Waals surface area contributed by atoms with E-state index in [2.05, 4.69) is 39.7 Å². The molecule has 2 rings (SSSR count). The molecule has 1 saturated carbocycles. The number of hydrogen-bond donors (Lipinski definition) is 2. The lowest BCUT2D eigenvalue weighted by molar-refractivity contribution is 0.0957. The summed E-state index contributed by atoms with van der Waals surface area (Å²) in [6, 6.07) is 4.65. The summed E-state index contributed by atoms with van der Waals surface area (Å²) in [5, 5.41) is 13.6. The normalized spacial score (nSPS) is 16.2. The Bertz CT molecular complexity index is 429. The molecule has 1 aliphatic carbocycles. The molecule has 1 fully saturated rings. The monoisotopic (exact) mass is 263 g/mol. The summed E-state index contributed by atoms with van der Waals surface area (Å²) in [5.41, 5.74) is 0.330. The van der Waals surface area contributed by atoms with E-state index < -0.39 is 0 Å². The SMILES string of the molecule is CNC(=O)c1ccc(NCC(C)N(C)C2CC2)nn1. The van der Waals surface area contributed by atoms with Crippen molar-refractivity contribution in [1.29, 1.82) is 0 Å². The fraction of sp³-hybridized carbons (Fsp3) is 0.615. The summed E-state index contributed by atoms with van der Waals surface area (Å²) in [7, 11) is 3.73. The van der Waals surface area contributed by atoms with Crippen molar-refractivity contribution in [2.24, 2.45) is 0 Å². The van der Waals surface area contributed by atoms with Gasteiger partial charge in [-0.05, 0) is 38.9 Å². The fourth-order valence-corrected chi connectivity index (χ4v) is 1.91. The number of amides is 1. The van der Waals surface area contributed by atoms with E-state index in [0.29, 0.717) is 17.6 Å². The standard InChI is InChI=1S/C13H21N5O/c1-9(18(3)10-4-5-10)8-15-12-7-6-11(16-17-12)13(19)14-2/h6-7,9-10H,4-5,8H2,1-3H3,(H,14,19)(H,15,17). The molecule has 0 radical (unpaired) electrons. The van der Waals surface area contributed by atoms with Crippen LogP contribution in [0.2, 0.25) is 0 Å². The number of nitrogens with one attached hydrogen (secondary N) is 2. The number of anilines is 1. The summed E-state index contributed by atoms with van der Waals surface area (Å²) in [4.78, 5) is 13.7. The number of rotatable bonds is 6. The lowest BCUT2D eigenvalue weighted by Crippen LogP contribution is -2.36. The average Bonchev–Trinajstić information content (AvgIpc) is 3.28. The summed E-state index contributed by atoms with van der Waals surface area (Å²) in [5.74, 6) is 0.476. The van der Waals surface area contributed by atoms with E-state index >= 15 is 0 Å². The van der Waals surface area contributed by atoms with E-state index in [1.54, 1.807) is 19.2 Å². The Labute approximate surface area is 113 Å². The molecule has 0 aromatic carbocycles. The molecule has 2 N–H and O–H groups in total. The van der Waals surface area contributed by atoms with Gasteiger partial charge in [0.1, 0.15) is 5.82 Å². The number of nitrogens with zero attached hydrogens (tertiary/aromatic N) is 3. The van der Waals surface area contributed by atoms with Crippen molar-refractivity contribution < 1.29 is 4.79 Å². The van der Waals surface area contributed by atoms with E-state index in [1.807, 2.05) is 0 Å². The van der Waals surface area contributed by atoms with Crippen LogP contribution in [0.25, 0.3) is 0 Å². The lowest BCUT2D eigenvalue weighted by Gasteiger charge is -2.24. The summed E-state index contributed by atoms with van der Waals surface area (Å²) >= 11 is 0. The smallest absolute Gasteiger partial charge is 0.271 e. The number of aromatic nitrogens is 2. The van der Waals surface area contributed by atoms with Crippen molar-refractivity contribution in [3.63, 3.8) is 0 Å². The maximum Gasteiger partial charge on any atom is 0.271 e. The molecule has 1 aliphatic rings. The molecule has 1 heterocycles. The second-order valence-corrected chi connectivity index (χ2v) is 5.01. The first-order valence-corrected chi connectivity index (χ1v) is 6.63. The Hall–Kier alpha value is -1.69. The first-order valence-electron chi connectivity index (χ1n) is 6.63. The molecule has 19 heavy (non-hydrogen) atoms. The highest BCUT2D eigenvalue weighted by atomic mass is 16.1. The lowest BCUT2D eigenvalue weighted by atomic mass is 10.3. The number of likely N-dealkylation sites (N-methyl/N-ethyl adjacent to an activating group) is 1. The van der Waals surface area contributed by atoms with Crippen LogP contribution >= 0.6 is 0 Å². The van der Waals surface area contributed by atoms with Gasteiger partial charge in [-0.3, -0.25) is 9.69 Å². The molecule has 0 spiro atoms. The molecule has 0 aliphatic heterocycles. The van der Waals surface area contributed by atoms with Crippen LogP contribution in [-0.2, 0) is 0 Å². The minimum atomic E-state index is -0.221. The molecular weight excluding hydrogens is 242 g/mol. The van der Waals surface area contributed by atoms with Crippen molar-refractivity contribution in [2.45, 2.75) is 31.8 Å². The third kappa shape index (κ3) is 3.64. The number of hydrogen-bond acceptors (Lipinski definition) is 5. The Morgan fingerprint density at radius 3 is 2.74 bits per heavy atom. The highest BCUT2D eigenvalue weighted by Crippen LogP contribution is 2.26. The van der Waals surface area contributed by atoms with Gasteiger partial charge < -0.3 is 10.6 Å². The van der Waals surface area contributed by atoms with Gasteiger partial charge in [-0.25, -0.2) is 0 Å². The minimum absolute atomic E-state index is 0.221. The molecule has 1 atom stereocenters. The molecule has 6 nitrogen and oxygen atoms in total. The first kappa shape index (κ1) is 13.7. The topological polar surface area (TPSA) is 70.2 Å². The van der Waals surface area contributed by atoms with Crippen molar-refractivity contribution >= 4 is 11.7 Å². The molecule has 1 aromatic heterocycles. The second kappa shape index (κ2) is 5.97. The zero-order chi connectivity index (χ0) is 13.8. The summed E-state index contributed by atoms with van der Waals surface area (Å²) in [6.45, 7) is 3.01. The van der Waals surface area contributed by atoms with Crippen molar-refractivity contribution in [1.82, 2.24) is 20.4 Å². The minimum Gasteiger partial charge on any atom is -0.367 e. The van der Waals surface area contributed by atoms with Gasteiger partial charge in [-0.1, -0.05) is 0 Å². The Morgan fingerprint density at radius 1 is 1.47 bits per heavy atom. The highest BCUT2D eigenvalue weighted by molar-refractivity contribution is 5.91. The highest BCUT2D eigenvalue weighted by Gasteiger charge is 2.28. The Morgan fingerprint density at radius 2 is 2.21 bits per heavy atom. The Kier molecular flexibility index (Phi) is 4.31. The van der Waals surface area contributed by atoms with Crippen LogP contribution in [0, 0.1) is 0 Å². The van der Waals surface area contributed by atoms with E-state index in [-0.39, 0.29) is 5.91 Å². The van der Waals surface area contributed by atoms with Crippen LogP contribution < -0.4 is 10.6 Å². The van der Waals surface area contributed by atoms with Crippen LogP contribution in [0.15, 0.2) is 12.1 Å². The van der Waals surface area contributed by atoms with Crippen molar-refractivity contribution in [3.05, 3.63) is 17.8 Å². The predicted octanol–water partition coefficient (Wildman–Crippen LogP) is 0.731. The van der Waals surface area contributed by atoms with Gasteiger partial charge in [-0.2, -0.15) is 0 Å². The first-order chi connectivity index (χ1) is 9.11. The van der Waals surface area contributed by atoms with Crippen LogP contribution in [0.4, 0.5) is 5.82 Å². The average molecular weight is 263 g/mol. The fourth-order valence-electron chi connectivity index (χ4n) is 1.91. The zero-order valence-electron chi connectivity index (χ0n) is 11.7. The quantitative estimate of drug-likeness (QED) is 0.792. The molecule has 0 saturated heterocycles.